The largest absolute Gasteiger partial charge is 0.443 e. The Morgan fingerprint density at radius 3 is 2.26 bits per heavy atom. The summed E-state index contributed by atoms with van der Waals surface area (Å²) in [4.78, 5) is 38.0. The van der Waals surface area contributed by atoms with Gasteiger partial charge in [0.15, 0.2) is 0 Å². The molecule has 1 aromatic rings. The van der Waals surface area contributed by atoms with E-state index in [-0.39, 0.29) is 42.1 Å². The summed E-state index contributed by atoms with van der Waals surface area (Å²) in [6.07, 6.45) is 1.33. The van der Waals surface area contributed by atoms with Gasteiger partial charge in [-0.15, -0.1) is 0 Å². The molecule has 1 atom stereocenters. The Bertz CT molecular complexity index is 878. The van der Waals surface area contributed by atoms with Gasteiger partial charge in [0.05, 0.1) is 17.1 Å². The lowest BCUT2D eigenvalue weighted by Crippen LogP contribution is -2.35. The summed E-state index contributed by atoms with van der Waals surface area (Å²) in [6.45, 7) is 0.367. The van der Waals surface area contributed by atoms with Crippen LogP contribution in [0.15, 0.2) is 29.2 Å². The van der Waals surface area contributed by atoms with E-state index in [9.17, 15) is 22.8 Å². The van der Waals surface area contributed by atoms with Gasteiger partial charge in [-0.25, -0.2) is 17.9 Å². The Hall–Kier alpha value is -2.46. The van der Waals surface area contributed by atoms with Gasteiger partial charge < -0.3 is 9.64 Å². The maximum Gasteiger partial charge on any atom is 0.410 e. The Kier molecular flexibility index (Phi) is 4.39. The molecule has 1 aliphatic carbocycles. The van der Waals surface area contributed by atoms with Crippen molar-refractivity contribution in [2.24, 2.45) is 0 Å². The average molecular weight is 393 g/mol. The van der Waals surface area contributed by atoms with E-state index in [1.165, 1.54) is 24.3 Å². The van der Waals surface area contributed by atoms with Gasteiger partial charge in [0.25, 0.3) is 0 Å². The van der Waals surface area contributed by atoms with Crippen molar-refractivity contribution in [3.63, 3.8) is 0 Å². The summed E-state index contributed by atoms with van der Waals surface area (Å²) in [6, 6.07) is 5.77. The summed E-state index contributed by atoms with van der Waals surface area (Å²) < 4.78 is 32.5. The zero-order valence-corrected chi connectivity index (χ0v) is 15.3. The Balaban J connectivity index is 1.39. The van der Waals surface area contributed by atoms with E-state index >= 15 is 0 Å². The van der Waals surface area contributed by atoms with Crippen LogP contribution in [0.1, 0.15) is 25.7 Å². The second-order valence-electron chi connectivity index (χ2n) is 6.86. The third kappa shape index (κ3) is 3.54. The summed E-state index contributed by atoms with van der Waals surface area (Å²) in [5, 5.41) is 0. The molecule has 1 aromatic carbocycles. The highest BCUT2D eigenvalue weighted by Gasteiger charge is 2.41. The number of amides is 3. The van der Waals surface area contributed by atoms with Gasteiger partial charge in [0, 0.05) is 25.4 Å². The minimum absolute atomic E-state index is 0.00807. The smallest absolute Gasteiger partial charge is 0.410 e. The van der Waals surface area contributed by atoms with Crippen LogP contribution < -0.4 is 9.62 Å². The predicted molar refractivity (Wildman–Crippen MR) is 93.4 cm³/mol. The van der Waals surface area contributed by atoms with E-state index < -0.39 is 22.2 Å². The van der Waals surface area contributed by atoms with Crippen molar-refractivity contribution in [1.29, 1.82) is 0 Å². The molecule has 1 saturated carbocycles. The first-order chi connectivity index (χ1) is 12.8. The van der Waals surface area contributed by atoms with Crippen LogP contribution in [0.25, 0.3) is 0 Å². The van der Waals surface area contributed by atoms with Crippen LogP contribution in [-0.2, 0) is 24.3 Å². The molecule has 10 heteroatoms. The molecule has 27 heavy (non-hydrogen) atoms. The molecular weight excluding hydrogens is 374 g/mol. The first kappa shape index (κ1) is 17.9. The minimum atomic E-state index is -3.80. The van der Waals surface area contributed by atoms with Gasteiger partial charge >= 0.3 is 6.09 Å². The van der Waals surface area contributed by atoms with E-state index in [0.29, 0.717) is 12.2 Å². The fraction of sp³-hybridized carbons (Fsp3) is 0.471. The minimum Gasteiger partial charge on any atom is -0.443 e. The number of carbonyl (C=O) groups excluding carboxylic acids is 3. The summed E-state index contributed by atoms with van der Waals surface area (Å²) >= 11 is 0. The molecule has 144 valence electrons. The molecule has 1 unspecified atom stereocenters. The second-order valence-corrected chi connectivity index (χ2v) is 8.62. The molecule has 2 aliphatic heterocycles. The van der Waals surface area contributed by atoms with Crippen LogP contribution >= 0.6 is 0 Å². The predicted octanol–water partition coefficient (Wildman–Crippen LogP) is 0.602. The summed E-state index contributed by atoms with van der Waals surface area (Å²) in [5.41, 5.74) is 0.353. The lowest BCUT2D eigenvalue weighted by Gasteiger charge is -2.15. The highest BCUT2D eigenvalue weighted by molar-refractivity contribution is 7.89. The van der Waals surface area contributed by atoms with E-state index in [4.69, 9.17) is 4.74 Å². The molecule has 4 rings (SSSR count). The normalized spacial score (nSPS) is 23.3. The van der Waals surface area contributed by atoms with Crippen LogP contribution in [-0.4, -0.2) is 56.5 Å². The molecule has 1 N–H and O–H groups in total. The van der Waals surface area contributed by atoms with E-state index in [1.807, 2.05) is 0 Å². The molecule has 2 saturated heterocycles. The Morgan fingerprint density at radius 1 is 1.04 bits per heavy atom. The van der Waals surface area contributed by atoms with E-state index in [2.05, 4.69) is 4.72 Å². The monoisotopic (exact) mass is 393 g/mol. The number of nitrogens with zero attached hydrogens (tertiary/aromatic N) is 2. The summed E-state index contributed by atoms with van der Waals surface area (Å²) in [5.74, 6) is -0.589. The van der Waals surface area contributed by atoms with E-state index in [1.54, 1.807) is 4.90 Å². The number of hydrogen-bond donors (Lipinski definition) is 1. The first-order valence-electron chi connectivity index (χ1n) is 8.78. The molecule has 0 aromatic heterocycles. The van der Waals surface area contributed by atoms with Crippen molar-refractivity contribution in [2.75, 3.05) is 18.0 Å². The molecule has 2 heterocycles. The molecule has 0 radical (unpaired) electrons. The van der Waals surface area contributed by atoms with Crippen LogP contribution in [0.5, 0.6) is 0 Å². The number of cyclic esters (lactones) is 1. The van der Waals surface area contributed by atoms with Crippen molar-refractivity contribution >= 4 is 33.6 Å². The SMILES string of the molecule is O=C1CCC(=O)N1c1ccc(S(=O)(=O)NCC2CN(C3CC3)C(=O)O2)cc1. The molecule has 9 nitrogen and oxygen atoms in total. The Morgan fingerprint density at radius 2 is 1.67 bits per heavy atom. The number of hydrogen-bond acceptors (Lipinski definition) is 6. The number of ether oxygens (including phenoxy) is 1. The number of carbonyl (C=O) groups is 3. The number of benzene rings is 1. The van der Waals surface area contributed by atoms with Crippen molar-refractivity contribution in [3.05, 3.63) is 24.3 Å². The molecule has 3 aliphatic rings. The highest BCUT2D eigenvalue weighted by Crippen LogP contribution is 2.30. The number of sulfonamides is 1. The highest BCUT2D eigenvalue weighted by atomic mass is 32.2. The third-order valence-electron chi connectivity index (χ3n) is 4.85. The zero-order valence-electron chi connectivity index (χ0n) is 14.5. The summed E-state index contributed by atoms with van der Waals surface area (Å²) in [7, 11) is -3.80. The third-order valence-corrected chi connectivity index (χ3v) is 6.29. The maximum atomic E-state index is 12.4. The first-order valence-corrected chi connectivity index (χ1v) is 10.3. The second kappa shape index (κ2) is 6.61. The molecule has 3 amide bonds. The lowest BCUT2D eigenvalue weighted by atomic mass is 10.3. The van der Waals surface area contributed by atoms with Crippen LogP contribution in [0, 0.1) is 0 Å². The maximum absolute atomic E-state index is 12.4. The van der Waals surface area contributed by atoms with Crippen LogP contribution in [0.3, 0.4) is 0 Å². The lowest BCUT2D eigenvalue weighted by molar-refractivity contribution is -0.121. The van der Waals surface area contributed by atoms with Gasteiger partial charge in [-0.2, -0.15) is 0 Å². The van der Waals surface area contributed by atoms with E-state index in [0.717, 1.165) is 17.7 Å². The van der Waals surface area contributed by atoms with Gasteiger partial charge in [0.1, 0.15) is 6.10 Å². The number of anilines is 1. The molecule has 3 fully saturated rings. The van der Waals surface area contributed by atoms with Gasteiger partial charge in [0.2, 0.25) is 21.8 Å². The fourth-order valence-electron chi connectivity index (χ4n) is 3.26. The quantitative estimate of drug-likeness (QED) is 0.708. The van der Waals surface area contributed by atoms with Gasteiger partial charge in [-0.3, -0.25) is 14.5 Å². The zero-order chi connectivity index (χ0) is 19.2. The van der Waals surface area contributed by atoms with Gasteiger partial charge in [-0.1, -0.05) is 0 Å². The van der Waals surface area contributed by atoms with Gasteiger partial charge in [-0.05, 0) is 37.1 Å². The average Bonchev–Trinajstić information content (AvgIpc) is 3.33. The molecule has 0 bridgehead atoms. The molecule has 0 spiro atoms. The molecular formula is C17H19N3O6S. The van der Waals surface area contributed by atoms with Crippen molar-refractivity contribution in [2.45, 2.75) is 42.7 Å². The van der Waals surface area contributed by atoms with Crippen LogP contribution in [0.2, 0.25) is 0 Å². The van der Waals surface area contributed by atoms with Crippen molar-refractivity contribution in [3.8, 4) is 0 Å². The van der Waals surface area contributed by atoms with Crippen LogP contribution in [0.4, 0.5) is 10.5 Å². The Labute approximate surface area is 156 Å². The van der Waals surface area contributed by atoms with Crippen molar-refractivity contribution < 1.29 is 27.5 Å². The standard InChI is InChI=1S/C17H19N3O6S/c21-15-7-8-16(22)20(15)12-3-5-14(6-4-12)27(24,25)18-9-13-10-19(11-1-2-11)17(23)26-13/h3-6,11,13,18H,1-2,7-10H2. The van der Waals surface area contributed by atoms with Crippen molar-refractivity contribution in [1.82, 2.24) is 9.62 Å². The topological polar surface area (TPSA) is 113 Å². The fourth-order valence-corrected chi connectivity index (χ4v) is 4.32. The number of imide groups is 1. The number of rotatable bonds is 6. The number of nitrogens with one attached hydrogen (secondary N) is 1.